The average Bonchev–Trinajstić information content (AvgIpc) is 2.79. The number of hydrogen-bond donors (Lipinski definition) is 1. The van der Waals surface area contributed by atoms with Crippen LogP contribution in [-0.2, 0) is 24.7 Å². The Labute approximate surface area is 122 Å². The van der Waals surface area contributed by atoms with Crippen LogP contribution in [0.3, 0.4) is 0 Å². The number of carbonyl (C=O) groups is 1. The van der Waals surface area contributed by atoms with Crippen LogP contribution in [0.15, 0.2) is 35.5 Å². The van der Waals surface area contributed by atoms with Gasteiger partial charge in [0.1, 0.15) is 5.82 Å². The second kappa shape index (κ2) is 7.09. The molecule has 0 atom stereocenters. The van der Waals surface area contributed by atoms with E-state index >= 15 is 0 Å². The highest BCUT2D eigenvalue weighted by atomic mass is 32.2. The van der Waals surface area contributed by atoms with Crippen LogP contribution in [0.25, 0.3) is 0 Å². The van der Waals surface area contributed by atoms with Gasteiger partial charge in [-0.1, -0.05) is 42.1 Å². The molecule has 0 amide bonds. The quantitative estimate of drug-likeness (QED) is 0.792. The van der Waals surface area contributed by atoms with Gasteiger partial charge in [0.25, 0.3) is 0 Å². The molecular formula is C14H17N3O2S. The number of benzene rings is 1. The fourth-order valence-electron chi connectivity index (χ4n) is 1.91. The van der Waals surface area contributed by atoms with Gasteiger partial charge in [-0.05, 0) is 18.4 Å². The van der Waals surface area contributed by atoms with Crippen LogP contribution in [0, 0.1) is 0 Å². The predicted octanol–water partition coefficient (Wildman–Crippen LogP) is 2.17. The average molecular weight is 291 g/mol. The number of aromatic nitrogens is 3. The molecule has 1 aromatic carbocycles. The first-order valence-electron chi connectivity index (χ1n) is 6.43. The van der Waals surface area contributed by atoms with Gasteiger partial charge >= 0.3 is 5.97 Å². The Balaban J connectivity index is 1.85. The normalized spacial score (nSPS) is 10.7. The molecule has 106 valence electrons. The summed E-state index contributed by atoms with van der Waals surface area (Å²) < 4.78 is 1.87. The zero-order valence-electron chi connectivity index (χ0n) is 11.3. The maximum absolute atomic E-state index is 10.5. The number of aryl methyl sites for hydroxylation is 2. The Hall–Kier alpha value is -1.82. The first-order valence-corrected chi connectivity index (χ1v) is 7.42. The van der Waals surface area contributed by atoms with Gasteiger partial charge in [0.15, 0.2) is 5.16 Å². The minimum atomic E-state index is -0.844. The molecule has 1 N–H and O–H groups in total. The summed E-state index contributed by atoms with van der Waals surface area (Å²) in [5.74, 6) is 0.0631. The van der Waals surface area contributed by atoms with E-state index < -0.39 is 5.97 Å². The molecule has 20 heavy (non-hydrogen) atoms. The van der Waals surface area contributed by atoms with E-state index in [0.717, 1.165) is 25.1 Å². The van der Waals surface area contributed by atoms with E-state index in [1.807, 2.05) is 29.8 Å². The molecule has 0 aliphatic heterocycles. The summed E-state index contributed by atoms with van der Waals surface area (Å²) in [6, 6.07) is 10.3. The number of carboxylic acids is 1. The van der Waals surface area contributed by atoms with Gasteiger partial charge in [-0.25, -0.2) is 0 Å². The molecule has 0 fully saturated rings. The van der Waals surface area contributed by atoms with E-state index in [1.165, 1.54) is 17.3 Å². The molecule has 0 spiro atoms. The highest BCUT2D eigenvalue weighted by molar-refractivity contribution is 7.99. The summed E-state index contributed by atoms with van der Waals surface area (Å²) in [7, 11) is 1.88. The van der Waals surface area contributed by atoms with Crippen molar-refractivity contribution in [1.82, 2.24) is 14.8 Å². The molecule has 2 rings (SSSR count). The highest BCUT2D eigenvalue weighted by Gasteiger charge is 2.10. The van der Waals surface area contributed by atoms with Crippen LogP contribution in [0.1, 0.15) is 17.8 Å². The molecule has 0 unspecified atom stereocenters. The topological polar surface area (TPSA) is 68.0 Å². The zero-order valence-corrected chi connectivity index (χ0v) is 12.1. The first-order chi connectivity index (χ1) is 9.66. The fraction of sp³-hybridized carbons (Fsp3) is 0.357. The van der Waals surface area contributed by atoms with Crippen LogP contribution in [0.2, 0.25) is 0 Å². The molecule has 2 aromatic rings. The largest absolute Gasteiger partial charge is 0.481 e. The lowest BCUT2D eigenvalue weighted by atomic mass is 10.1. The van der Waals surface area contributed by atoms with Gasteiger partial charge in [0.05, 0.1) is 5.75 Å². The van der Waals surface area contributed by atoms with Gasteiger partial charge in [0.2, 0.25) is 0 Å². The molecule has 0 saturated heterocycles. The minimum Gasteiger partial charge on any atom is -0.481 e. The van der Waals surface area contributed by atoms with E-state index in [4.69, 9.17) is 5.11 Å². The summed E-state index contributed by atoms with van der Waals surface area (Å²) in [5.41, 5.74) is 1.31. The van der Waals surface area contributed by atoms with E-state index in [2.05, 4.69) is 22.3 Å². The molecule has 1 heterocycles. The molecule has 5 nitrogen and oxygen atoms in total. The molecule has 0 aliphatic carbocycles. The van der Waals surface area contributed by atoms with E-state index in [9.17, 15) is 4.79 Å². The van der Waals surface area contributed by atoms with Crippen molar-refractivity contribution in [3.8, 4) is 0 Å². The molecule has 6 heteroatoms. The number of thioether (sulfide) groups is 1. The number of nitrogens with zero attached hydrogens (tertiary/aromatic N) is 3. The predicted molar refractivity (Wildman–Crippen MR) is 77.8 cm³/mol. The van der Waals surface area contributed by atoms with Crippen molar-refractivity contribution in [2.24, 2.45) is 7.05 Å². The van der Waals surface area contributed by atoms with Crippen molar-refractivity contribution in [3.63, 3.8) is 0 Å². The van der Waals surface area contributed by atoms with Crippen LogP contribution in [0.5, 0.6) is 0 Å². The fourth-order valence-corrected chi connectivity index (χ4v) is 2.56. The first kappa shape index (κ1) is 14.6. The lowest BCUT2D eigenvalue weighted by molar-refractivity contribution is -0.133. The Morgan fingerprint density at radius 1 is 1.25 bits per heavy atom. The summed E-state index contributed by atoms with van der Waals surface area (Å²) in [6.07, 6.45) is 2.84. The molecular weight excluding hydrogens is 274 g/mol. The molecule has 0 aliphatic rings. The van der Waals surface area contributed by atoms with Crippen LogP contribution in [0.4, 0.5) is 0 Å². The van der Waals surface area contributed by atoms with Crippen molar-refractivity contribution in [1.29, 1.82) is 0 Å². The lowest BCUT2D eigenvalue weighted by Gasteiger charge is -2.03. The second-order valence-corrected chi connectivity index (χ2v) is 5.42. The van der Waals surface area contributed by atoms with Crippen molar-refractivity contribution in [3.05, 3.63) is 41.7 Å². The lowest BCUT2D eigenvalue weighted by Crippen LogP contribution is -2.03. The maximum Gasteiger partial charge on any atom is 0.313 e. The summed E-state index contributed by atoms with van der Waals surface area (Å²) >= 11 is 1.20. The minimum absolute atomic E-state index is 0.00991. The maximum atomic E-state index is 10.5. The smallest absolute Gasteiger partial charge is 0.313 e. The van der Waals surface area contributed by atoms with Crippen molar-refractivity contribution >= 4 is 17.7 Å². The van der Waals surface area contributed by atoms with E-state index in [1.54, 1.807) is 0 Å². The monoisotopic (exact) mass is 291 g/mol. The molecule has 0 radical (unpaired) electrons. The molecule has 1 aromatic heterocycles. The Kier molecular flexibility index (Phi) is 5.17. The Morgan fingerprint density at radius 3 is 2.70 bits per heavy atom. The van der Waals surface area contributed by atoms with Gasteiger partial charge in [-0.2, -0.15) is 0 Å². The Morgan fingerprint density at radius 2 is 2.00 bits per heavy atom. The number of aliphatic carboxylic acids is 1. The SMILES string of the molecule is Cn1c(CCCc2ccccc2)nnc1SCC(=O)O. The van der Waals surface area contributed by atoms with Gasteiger partial charge in [-0.3, -0.25) is 4.79 Å². The van der Waals surface area contributed by atoms with Crippen molar-refractivity contribution < 1.29 is 9.90 Å². The van der Waals surface area contributed by atoms with Crippen LogP contribution < -0.4 is 0 Å². The summed E-state index contributed by atoms with van der Waals surface area (Å²) in [5, 5.41) is 17.5. The number of carboxylic acid groups (broad SMARTS) is 1. The summed E-state index contributed by atoms with van der Waals surface area (Å²) in [4.78, 5) is 10.5. The third-order valence-electron chi connectivity index (χ3n) is 2.96. The van der Waals surface area contributed by atoms with Gasteiger partial charge < -0.3 is 9.67 Å². The molecule has 0 bridgehead atoms. The van der Waals surface area contributed by atoms with Crippen LogP contribution >= 0.6 is 11.8 Å². The number of rotatable bonds is 7. The van der Waals surface area contributed by atoms with Crippen molar-refractivity contribution in [2.45, 2.75) is 24.4 Å². The van der Waals surface area contributed by atoms with Gasteiger partial charge in [-0.15, -0.1) is 10.2 Å². The van der Waals surface area contributed by atoms with E-state index in [0.29, 0.717) is 5.16 Å². The van der Waals surface area contributed by atoms with Gasteiger partial charge in [0, 0.05) is 13.5 Å². The summed E-state index contributed by atoms with van der Waals surface area (Å²) in [6.45, 7) is 0. The standard InChI is InChI=1S/C14H17N3O2S/c1-17-12(15-16-14(17)20-10-13(18)19)9-5-8-11-6-3-2-4-7-11/h2-4,6-7H,5,8-10H2,1H3,(H,18,19). The molecule has 0 saturated carbocycles. The van der Waals surface area contributed by atoms with Crippen molar-refractivity contribution in [2.75, 3.05) is 5.75 Å². The van der Waals surface area contributed by atoms with Crippen LogP contribution in [-0.4, -0.2) is 31.6 Å². The second-order valence-electron chi connectivity index (χ2n) is 4.48. The third-order valence-corrected chi connectivity index (χ3v) is 3.96. The number of hydrogen-bond acceptors (Lipinski definition) is 4. The highest BCUT2D eigenvalue weighted by Crippen LogP contribution is 2.16. The van der Waals surface area contributed by atoms with E-state index in [-0.39, 0.29) is 5.75 Å². The zero-order chi connectivity index (χ0) is 14.4. The Bertz CT molecular complexity index is 569. The third kappa shape index (κ3) is 4.09.